The van der Waals surface area contributed by atoms with Crippen molar-refractivity contribution in [2.45, 2.75) is 19.4 Å². The summed E-state index contributed by atoms with van der Waals surface area (Å²) in [7, 11) is 0. The molecule has 0 aliphatic rings. The van der Waals surface area contributed by atoms with Crippen LogP contribution < -0.4 is 4.74 Å². The number of nitrogens with zero attached hydrogens (tertiary/aromatic N) is 1. The summed E-state index contributed by atoms with van der Waals surface area (Å²) in [6.07, 6.45) is 0. The van der Waals surface area contributed by atoms with Crippen LogP contribution in [0, 0.1) is 5.82 Å². The van der Waals surface area contributed by atoms with Crippen LogP contribution in [0.25, 0.3) is 0 Å². The van der Waals surface area contributed by atoms with Gasteiger partial charge in [0.15, 0.2) is 11.6 Å². The summed E-state index contributed by atoms with van der Waals surface area (Å²) in [5, 5.41) is 8.98. The second-order valence-electron chi connectivity index (χ2n) is 7.29. The van der Waals surface area contributed by atoms with Crippen molar-refractivity contribution >= 4 is 11.9 Å². The maximum Gasteiger partial charge on any atom is 0.335 e. The first-order chi connectivity index (χ1) is 15.1. The van der Waals surface area contributed by atoms with Gasteiger partial charge in [-0.1, -0.05) is 24.3 Å². The Balaban J connectivity index is 1.78. The number of rotatable bonds is 8. The van der Waals surface area contributed by atoms with Crippen molar-refractivity contribution in [1.82, 2.24) is 4.90 Å². The number of hydrogen-bond donors (Lipinski definition) is 1. The standard InChI is InChI=1S/C24H20F3NO4/c1-24(26,27)15-28(14-16-6-8-18(9-7-16)23(30)31)22(29)17-10-12-19(13-11-17)32-21-5-3-2-4-20(21)25/h2-13H,14-15H2,1H3,(H,30,31). The number of carbonyl (C=O) groups excluding carboxylic acids is 1. The van der Waals surface area contributed by atoms with Crippen molar-refractivity contribution in [2.24, 2.45) is 0 Å². The van der Waals surface area contributed by atoms with Gasteiger partial charge in [0.25, 0.3) is 11.8 Å². The van der Waals surface area contributed by atoms with Crippen LogP contribution in [-0.2, 0) is 6.54 Å². The average molecular weight is 443 g/mol. The van der Waals surface area contributed by atoms with E-state index in [0.29, 0.717) is 12.5 Å². The molecular weight excluding hydrogens is 423 g/mol. The molecule has 0 heterocycles. The number of aromatic carboxylic acids is 1. The minimum atomic E-state index is -3.13. The Morgan fingerprint density at radius 2 is 1.53 bits per heavy atom. The number of alkyl halides is 2. The third kappa shape index (κ3) is 6.10. The molecule has 32 heavy (non-hydrogen) atoms. The highest BCUT2D eigenvalue weighted by molar-refractivity contribution is 5.94. The van der Waals surface area contributed by atoms with E-state index < -0.39 is 30.2 Å². The van der Waals surface area contributed by atoms with Gasteiger partial charge in [-0.2, -0.15) is 0 Å². The summed E-state index contributed by atoms with van der Waals surface area (Å²) in [4.78, 5) is 24.9. The first kappa shape index (κ1) is 22.9. The zero-order valence-corrected chi connectivity index (χ0v) is 17.1. The van der Waals surface area contributed by atoms with E-state index in [9.17, 15) is 22.8 Å². The number of carbonyl (C=O) groups is 2. The molecule has 0 atom stereocenters. The lowest BCUT2D eigenvalue weighted by molar-refractivity contribution is -0.0127. The molecule has 3 rings (SSSR count). The number of carboxylic acids is 1. The molecular formula is C24H20F3NO4. The summed E-state index contributed by atoms with van der Waals surface area (Å²) in [5.74, 6) is -5.12. The van der Waals surface area contributed by atoms with Crippen LogP contribution in [0.5, 0.6) is 11.5 Å². The lowest BCUT2D eigenvalue weighted by Gasteiger charge is -2.26. The molecule has 8 heteroatoms. The zero-order valence-electron chi connectivity index (χ0n) is 17.1. The lowest BCUT2D eigenvalue weighted by atomic mass is 10.1. The Kier molecular flexibility index (Phi) is 6.82. The van der Waals surface area contributed by atoms with Crippen LogP contribution in [0.3, 0.4) is 0 Å². The Hall–Kier alpha value is -3.81. The minimum absolute atomic E-state index is 0.0173. The molecule has 1 N–H and O–H groups in total. The van der Waals surface area contributed by atoms with Crippen molar-refractivity contribution in [1.29, 1.82) is 0 Å². The van der Waals surface area contributed by atoms with Gasteiger partial charge < -0.3 is 14.7 Å². The van der Waals surface area contributed by atoms with E-state index in [-0.39, 0.29) is 29.2 Å². The average Bonchev–Trinajstić information content (AvgIpc) is 2.74. The van der Waals surface area contributed by atoms with Gasteiger partial charge >= 0.3 is 5.97 Å². The van der Waals surface area contributed by atoms with Crippen LogP contribution in [0.15, 0.2) is 72.8 Å². The summed E-state index contributed by atoms with van der Waals surface area (Å²) in [5.41, 5.74) is 0.710. The number of ether oxygens (including phenoxy) is 1. The van der Waals surface area contributed by atoms with Crippen LogP contribution in [-0.4, -0.2) is 34.4 Å². The molecule has 3 aromatic carbocycles. The monoisotopic (exact) mass is 443 g/mol. The molecule has 0 fully saturated rings. The molecule has 3 aromatic rings. The van der Waals surface area contributed by atoms with E-state index in [1.165, 1.54) is 66.7 Å². The molecule has 166 valence electrons. The predicted octanol–water partition coefficient (Wildman–Crippen LogP) is 5.61. The molecule has 0 aromatic heterocycles. The molecule has 0 saturated heterocycles. The van der Waals surface area contributed by atoms with Gasteiger partial charge in [0.1, 0.15) is 5.75 Å². The van der Waals surface area contributed by atoms with Gasteiger partial charge in [-0.15, -0.1) is 0 Å². The first-order valence-corrected chi connectivity index (χ1v) is 9.64. The highest BCUT2D eigenvalue weighted by Gasteiger charge is 2.29. The smallest absolute Gasteiger partial charge is 0.335 e. The molecule has 0 aliphatic carbocycles. The third-order valence-electron chi connectivity index (χ3n) is 4.50. The number of amides is 1. The quantitative estimate of drug-likeness (QED) is 0.491. The topological polar surface area (TPSA) is 66.8 Å². The number of hydrogen-bond acceptors (Lipinski definition) is 3. The van der Waals surface area contributed by atoms with E-state index in [2.05, 4.69) is 0 Å². The van der Waals surface area contributed by atoms with Gasteiger partial charge in [-0.3, -0.25) is 4.79 Å². The normalized spacial score (nSPS) is 11.1. The summed E-state index contributed by atoms with van der Waals surface area (Å²) in [6.45, 7) is -0.234. The van der Waals surface area contributed by atoms with Crippen molar-refractivity contribution in [2.75, 3.05) is 6.54 Å². The van der Waals surface area contributed by atoms with Gasteiger partial charge in [0.2, 0.25) is 0 Å². The van der Waals surface area contributed by atoms with E-state index >= 15 is 0 Å². The number of para-hydroxylation sites is 1. The summed E-state index contributed by atoms with van der Waals surface area (Å²) >= 11 is 0. The highest BCUT2D eigenvalue weighted by Crippen LogP contribution is 2.25. The van der Waals surface area contributed by atoms with Gasteiger partial charge in [-0.05, 0) is 54.1 Å². The van der Waals surface area contributed by atoms with Crippen LogP contribution in [0.4, 0.5) is 13.2 Å². The van der Waals surface area contributed by atoms with E-state index in [1.54, 1.807) is 6.07 Å². The fourth-order valence-corrected chi connectivity index (χ4v) is 3.01. The summed E-state index contributed by atoms with van der Waals surface area (Å²) in [6, 6.07) is 17.2. The molecule has 0 saturated carbocycles. The van der Waals surface area contributed by atoms with Gasteiger partial charge in [0.05, 0.1) is 12.1 Å². The predicted molar refractivity (Wildman–Crippen MR) is 112 cm³/mol. The van der Waals surface area contributed by atoms with Crippen molar-refractivity contribution in [3.63, 3.8) is 0 Å². The van der Waals surface area contributed by atoms with E-state index in [1.807, 2.05) is 0 Å². The van der Waals surface area contributed by atoms with Gasteiger partial charge in [-0.25, -0.2) is 18.0 Å². The first-order valence-electron chi connectivity index (χ1n) is 9.64. The summed E-state index contributed by atoms with van der Waals surface area (Å²) < 4.78 is 46.7. The fraction of sp³-hybridized carbons (Fsp3) is 0.167. The molecule has 0 unspecified atom stereocenters. The Labute approximate surface area is 182 Å². The van der Waals surface area contributed by atoms with Crippen LogP contribution >= 0.6 is 0 Å². The second-order valence-corrected chi connectivity index (χ2v) is 7.29. The molecule has 0 bridgehead atoms. The van der Waals surface area contributed by atoms with Gasteiger partial charge in [0, 0.05) is 19.0 Å². The van der Waals surface area contributed by atoms with E-state index in [4.69, 9.17) is 9.84 Å². The lowest BCUT2D eigenvalue weighted by Crippen LogP contribution is -2.39. The molecule has 1 amide bonds. The van der Waals surface area contributed by atoms with Crippen molar-refractivity contribution in [3.8, 4) is 11.5 Å². The highest BCUT2D eigenvalue weighted by atomic mass is 19.3. The molecule has 0 aliphatic heterocycles. The molecule has 5 nitrogen and oxygen atoms in total. The Morgan fingerprint density at radius 1 is 0.938 bits per heavy atom. The third-order valence-corrected chi connectivity index (χ3v) is 4.50. The minimum Gasteiger partial charge on any atom is -0.478 e. The SMILES string of the molecule is CC(F)(F)CN(Cc1ccc(C(=O)O)cc1)C(=O)c1ccc(Oc2ccccc2F)cc1. The van der Waals surface area contributed by atoms with Crippen molar-refractivity contribution in [3.05, 3.63) is 95.3 Å². The van der Waals surface area contributed by atoms with E-state index in [0.717, 1.165) is 4.90 Å². The molecule has 0 spiro atoms. The maximum atomic E-state index is 13.7. The second kappa shape index (κ2) is 9.55. The largest absolute Gasteiger partial charge is 0.478 e. The fourth-order valence-electron chi connectivity index (χ4n) is 3.01. The maximum absolute atomic E-state index is 13.7. The number of halogens is 3. The van der Waals surface area contributed by atoms with Crippen LogP contribution in [0.1, 0.15) is 33.2 Å². The zero-order chi connectivity index (χ0) is 23.3. The Bertz CT molecular complexity index is 1090. The van der Waals surface area contributed by atoms with Crippen LogP contribution in [0.2, 0.25) is 0 Å². The Morgan fingerprint density at radius 3 is 2.09 bits per heavy atom. The van der Waals surface area contributed by atoms with Crippen molar-refractivity contribution < 1.29 is 32.6 Å². The number of carboxylic acid groups (broad SMARTS) is 1. The number of benzene rings is 3. The molecule has 0 radical (unpaired) electrons.